The van der Waals surface area contributed by atoms with Gasteiger partial charge in [0.05, 0.1) is 0 Å². The summed E-state index contributed by atoms with van der Waals surface area (Å²) in [5, 5.41) is 3.40. The van der Waals surface area contributed by atoms with Crippen LogP contribution in [0.15, 0.2) is 22.7 Å². The Hall–Kier alpha value is -0.210. The molecule has 0 aromatic heterocycles. The average Bonchev–Trinajstić information content (AvgIpc) is 2.07. The number of anilines is 1. The van der Waals surface area contributed by atoms with Gasteiger partial charge < -0.3 is 5.32 Å². The van der Waals surface area contributed by atoms with Crippen LogP contribution in [0.25, 0.3) is 0 Å². The maximum atomic E-state index is 3.49. The van der Waals surface area contributed by atoms with Gasteiger partial charge in [-0.2, -0.15) is 0 Å². The number of hydrogen-bond acceptors (Lipinski definition) is 1. The standard InChI is InChI=1S/C10H12BrN.ClH/c1-7-4-5-12-10-3-2-8(11)6-9(7)10;/h2-3,6-7,12H,4-5H2,1H3;1H. The Morgan fingerprint density at radius 1 is 1.46 bits per heavy atom. The molecule has 0 amide bonds. The Morgan fingerprint density at radius 2 is 2.23 bits per heavy atom. The fourth-order valence-corrected chi connectivity index (χ4v) is 2.06. The first-order valence-corrected chi connectivity index (χ1v) is 5.10. The zero-order valence-corrected chi connectivity index (χ0v) is 9.91. The number of benzene rings is 1. The van der Waals surface area contributed by atoms with Crippen LogP contribution in [0.5, 0.6) is 0 Å². The molecule has 0 spiro atoms. The SMILES string of the molecule is CC1CCNc2ccc(Br)cc21.Cl. The Morgan fingerprint density at radius 3 is 3.00 bits per heavy atom. The van der Waals surface area contributed by atoms with Crippen molar-refractivity contribution in [3.05, 3.63) is 28.2 Å². The lowest BCUT2D eigenvalue weighted by atomic mass is 9.93. The maximum Gasteiger partial charge on any atom is 0.0376 e. The smallest absolute Gasteiger partial charge is 0.0376 e. The van der Waals surface area contributed by atoms with E-state index in [9.17, 15) is 0 Å². The van der Waals surface area contributed by atoms with Crippen molar-refractivity contribution >= 4 is 34.0 Å². The summed E-state index contributed by atoms with van der Waals surface area (Å²) >= 11 is 3.49. The van der Waals surface area contributed by atoms with Gasteiger partial charge in [-0.15, -0.1) is 12.4 Å². The van der Waals surface area contributed by atoms with Crippen molar-refractivity contribution in [3.8, 4) is 0 Å². The van der Waals surface area contributed by atoms with Gasteiger partial charge >= 0.3 is 0 Å². The first kappa shape index (κ1) is 10.9. The molecule has 0 saturated carbocycles. The number of hydrogen-bond donors (Lipinski definition) is 1. The molecule has 1 heterocycles. The van der Waals surface area contributed by atoms with Crippen molar-refractivity contribution in [3.63, 3.8) is 0 Å². The molecule has 1 N–H and O–H groups in total. The van der Waals surface area contributed by atoms with Gasteiger partial charge in [-0.1, -0.05) is 22.9 Å². The summed E-state index contributed by atoms with van der Waals surface area (Å²) in [7, 11) is 0. The van der Waals surface area contributed by atoms with Crippen molar-refractivity contribution in [2.45, 2.75) is 19.3 Å². The van der Waals surface area contributed by atoms with E-state index in [4.69, 9.17) is 0 Å². The third kappa shape index (κ3) is 2.18. The fourth-order valence-electron chi connectivity index (χ4n) is 1.68. The molecule has 1 aliphatic rings. The van der Waals surface area contributed by atoms with Crippen LogP contribution in [-0.4, -0.2) is 6.54 Å². The molecule has 1 aliphatic heterocycles. The predicted octanol–water partition coefficient (Wildman–Crippen LogP) is 3.79. The first-order valence-electron chi connectivity index (χ1n) is 4.30. The zero-order chi connectivity index (χ0) is 8.55. The Balaban J connectivity index is 0.000000845. The molecule has 3 heteroatoms. The molecule has 1 aromatic rings. The lowest BCUT2D eigenvalue weighted by Gasteiger charge is -2.23. The predicted molar refractivity (Wildman–Crippen MR) is 62.9 cm³/mol. The van der Waals surface area contributed by atoms with Crippen LogP contribution in [0, 0.1) is 0 Å². The Labute approximate surface area is 93.5 Å². The first-order chi connectivity index (χ1) is 5.77. The monoisotopic (exact) mass is 261 g/mol. The molecule has 1 nitrogen and oxygen atoms in total. The van der Waals surface area contributed by atoms with E-state index in [1.165, 1.54) is 22.1 Å². The lowest BCUT2D eigenvalue weighted by Crippen LogP contribution is -2.14. The van der Waals surface area contributed by atoms with Gasteiger partial charge in [0.15, 0.2) is 0 Å². The summed E-state index contributed by atoms with van der Waals surface area (Å²) in [4.78, 5) is 0. The minimum absolute atomic E-state index is 0. The summed E-state index contributed by atoms with van der Waals surface area (Å²) in [6, 6.07) is 6.45. The van der Waals surface area contributed by atoms with Crippen LogP contribution in [0.2, 0.25) is 0 Å². The van der Waals surface area contributed by atoms with Crippen LogP contribution in [0.4, 0.5) is 5.69 Å². The van der Waals surface area contributed by atoms with Crippen molar-refractivity contribution in [2.24, 2.45) is 0 Å². The van der Waals surface area contributed by atoms with Gasteiger partial charge in [-0.3, -0.25) is 0 Å². The number of halogens is 2. The molecule has 0 radical (unpaired) electrons. The second-order valence-electron chi connectivity index (χ2n) is 3.35. The highest BCUT2D eigenvalue weighted by Crippen LogP contribution is 2.32. The van der Waals surface area contributed by atoms with E-state index in [-0.39, 0.29) is 12.4 Å². The largest absolute Gasteiger partial charge is 0.385 e. The van der Waals surface area contributed by atoms with Gasteiger partial charge in [0.2, 0.25) is 0 Å². The molecular weight excluding hydrogens is 249 g/mol. The molecular formula is C10H13BrClN. The molecule has 0 aliphatic carbocycles. The Bertz CT molecular complexity index is 301. The molecule has 0 fully saturated rings. The highest BCUT2D eigenvalue weighted by atomic mass is 79.9. The van der Waals surface area contributed by atoms with E-state index in [1.807, 2.05) is 0 Å². The van der Waals surface area contributed by atoms with E-state index in [2.05, 4.69) is 46.4 Å². The van der Waals surface area contributed by atoms with Crippen LogP contribution >= 0.6 is 28.3 Å². The quantitative estimate of drug-likeness (QED) is 0.750. The van der Waals surface area contributed by atoms with Gasteiger partial charge in [0.25, 0.3) is 0 Å². The summed E-state index contributed by atoms with van der Waals surface area (Å²) in [5.74, 6) is 0.693. The van der Waals surface area contributed by atoms with Gasteiger partial charge in [0.1, 0.15) is 0 Å². The number of fused-ring (bicyclic) bond motifs is 1. The third-order valence-corrected chi connectivity index (χ3v) is 2.93. The minimum Gasteiger partial charge on any atom is -0.385 e. The van der Waals surface area contributed by atoms with E-state index >= 15 is 0 Å². The average molecular weight is 263 g/mol. The fraction of sp³-hybridized carbons (Fsp3) is 0.400. The van der Waals surface area contributed by atoms with Gasteiger partial charge in [0, 0.05) is 16.7 Å². The van der Waals surface area contributed by atoms with Gasteiger partial charge in [-0.25, -0.2) is 0 Å². The van der Waals surface area contributed by atoms with Crippen LogP contribution in [-0.2, 0) is 0 Å². The summed E-state index contributed by atoms with van der Waals surface area (Å²) in [6.07, 6.45) is 1.24. The van der Waals surface area contributed by atoms with E-state index in [0.29, 0.717) is 5.92 Å². The second-order valence-corrected chi connectivity index (χ2v) is 4.26. The summed E-state index contributed by atoms with van der Waals surface area (Å²) in [6.45, 7) is 3.39. The lowest BCUT2D eigenvalue weighted by molar-refractivity contribution is 0.683. The van der Waals surface area contributed by atoms with Crippen molar-refractivity contribution in [1.82, 2.24) is 0 Å². The number of nitrogens with one attached hydrogen (secondary N) is 1. The minimum atomic E-state index is 0. The number of rotatable bonds is 0. The molecule has 1 atom stereocenters. The maximum absolute atomic E-state index is 3.49. The van der Waals surface area contributed by atoms with Crippen LogP contribution in [0.3, 0.4) is 0 Å². The molecule has 0 saturated heterocycles. The summed E-state index contributed by atoms with van der Waals surface area (Å²) < 4.78 is 1.18. The van der Waals surface area contributed by atoms with Crippen LogP contribution < -0.4 is 5.32 Å². The molecule has 13 heavy (non-hydrogen) atoms. The Kier molecular flexibility index (Phi) is 3.63. The second kappa shape index (κ2) is 4.34. The topological polar surface area (TPSA) is 12.0 Å². The van der Waals surface area contributed by atoms with E-state index in [0.717, 1.165) is 6.54 Å². The molecule has 1 aromatic carbocycles. The van der Waals surface area contributed by atoms with Crippen molar-refractivity contribution in [1.29, 1.82) is 0 Å². The van der Waals surface area contributed by atoms with Crippen LogP contribution in [0.1, 0.15) is 24.8 Å². The summed E-state index contributed by atoms with van der Waals surface area (Å²) in [5.41, 5.74) is 2.74. The highest BCUT2D eigenvalue weighted by Gasteiger charge is 2.15. The van der Waals surface area contributed by atoms with E-state index in [1.54, 1.807) is 0 Å². The van der Waals surface area contributed by atoms with Crippen molar-refractivity contribution < 1.29 is 0 Å². The van der Waals surface area contributed by atoms with E-state index < -0.39 is 0 Å². The molecule has 2 rings (SSSR count). The van der Waals surface area contributed by atoms with Crippen molar-refractivity contribution in [2.75, 3.05) is 11.9 Å². The molecule has 1 unspecified atom stereocenters. The highest BCUT2D eigenvalue weighted by molar-refractivity contribution is 9.10. The molecule has 0 bridgehead atoms. The third-order valence-electron chi connectivity index (χ3n) is 2.44. The molecule has 72 valence electrons. The normalized spacial score (nSPS) is 19.7. The van der Waals surface area contributed by atoms with Gasteiger partial charge in [-0.05, 0) is 36.1 Å². The zero-order valence-electron chi connectivity index (χ0n) is 7.51.